The Morgan fingerprint density at radius 3 is 0.895 bits per heavy atom. The number of para-hydroxylation sites is 5. The quantitative estimate of drug-likeness (QED) is 0.0376. The topological polar surface area (TPSA) is 93.6 Å². The second-order valence-electron chi connectivity index (χ2n) is 29.0. The number of hydrazone groups is 6. The predicted molar refractivity (Wildman–Crippen MR) is 534 cm³/mol. The lowest BCUT2D eigenvalue weighted by Crippen LogP contribution is -2.24. The fourth-order valence-electron chi connectivity index (χ4n) is 13.0. The zero-order valence-electron chi connectivity index (χ0n) is 71.0. The third kappa shape index (κ3) is 29.7. The molecule has 0 bridgehead atoms. The molecule has 2 aliphatic heterocycles. The first-order valence-corrected chi connectivity index (χ1v) is 41.6. The van der Waals surface area contributed by atoms with Crippen LogP contribution in [-0.4, -0.2) is 74.5 Å². The Morgan fingerprint density at radius 2 is 0.532 bits per heavy atom. The van der Waals surface area contributed by atoms with Crippen LogP contribution in [0.3, 0.4) is 0 Å². The predicted octanol–water partition coefficient (Wildman–Crippen LogP) is 26.3. The summed E-state index contributed by atoms with van der Waals surface area (Å²) in [5.41, 5.74) is 25.3. The molecule has 0 fully saturated rings. The Hall–Kier alpha value is -15.7. The Balaban J connectivity index is 0.000000145. The molecule has 0 amide bonds. The van der Waals surface area contributed by atoms with Crippen LogP contribution < -0.4 is 20.0 Å². The number of hydrogen-bond donors (Lipinski definition) is 0. The van der Waals surface area contributed by atoms with Crippen molar-refractivity contribution in [3.05, 3.63) is 510 Å². The van der Waals surface area contributed by atoms with Gasteiger partial charge in [-0.3, -0.25) is 25.0 Å². The zero-order chi connectivity index (χ0) is 86.4. The average Bonchev–Trinajstić information content (AvgIpc) is 1.63. The van der Waals surface area contributed by atoms with Gasteiger partial charge in [-0.05, 0) is 162 Å². The van der Waals surface area contributed by atoms with Crippen LogP contribution in [0.5, 0.6) is 0 Å². The van der Waals surface area contributed by atoms with Gasteiger partial charge in [0.05, 0.1) is 85.4 Å². The van der Waals surface area contributed by atoms with Crippen molar-refractivity contribution in [3.63, 3.8) is 0 Å². The highest BCUT2D eigenvalue weighted by molar-refractivity contribution is 5.85. The van der Waals surface area contributed by atoms with E-state index in [2.05, 4.69) is 238 Å². The summed E-state index contributed by atoms with van der Waals surface area (Å²) >= 11 is 0. The normalized spacial score (nSPS) is 11.7. The molecule has 124 heavy (non-hydrogen) atoms. The molecule has 0 aromatic heterocycles. The molecule has 12 heteroatoms. The monoisotopic (exact) mass is 1620 g/mol. The van der Waals surface area contributed by atoms with E-state index in [1.807, 2.05) is 321 Å². The molecule has 0 saturated carbocycles. The Morgan fingerprint density at radius 1 is 0.258 bits per heavy atom. The molecule has 0 unspecified atom stereocenters. The van der Waals surface area contributed by atoms with Crippen LogP contribution in [0.1, 0.15) is 101 Å². The highest BCUT2D eigenvalue weighted by atomic mass is 15.5. The van der Waals surface area contributed by atoms with Crippen molar-refractivity contribution in [1.82, 2.24) is 10.0 Å². The van der Waals surface area contributed by atoms with Crippen molar-refractivity contribution >= 4 is 102 Å². The standard InChI is InChI=1S/C23H22N2.C21H18N2.C18H18N2.C17H16N2.C17H18N2.C16H16N2/c1-2-20-13-15-21(16-14-20)17-24-25(18-22-9-5-3-6-10-22)19-23-11-7-4-8-12-23;1-2-18-13-15-19(16-14-18)17-22-23(20-9-5-3-6-10-20)21-11-7-4-8-12-21;1-2-15-9-11-16(12-10-15)14-19-20-13-5-7-17-6-3-4-8-18(17)20;1-2-14-7-9-15(10-8-14)13-18-19-12-11-16-5-3-4-6-17(16)19;1-3-15-9-11-16(12-10-15)13-18-19(2)14-17-7-5-4-6-8-17;1-3-14-9-11-15(12-10-14)13-17-18(2)16-7-5-4-6-8-16/h2-17H,1,18-19H2;2-17H,1H2;2-4,6,8-12,14H,1,5,7,13H2;2-10,13H,1,11-12H2;3-13H,1,14H2,2H3;3-13H,1H2,2H3. The summed E-state index contributed by atoms with van der Waals surface area (Å²) in [5, 5.41) is 39.4. The minimum absolute atomic E-state index is 0.775. The van der Waals surface area contributed by atoms with Crippen LogP contribution >= 0.6 is 0 Å². The first-order chi connectivity index (χ1) is 61.0. The molecular formula is C112H108N12. The third-order valence-corrected chi connectivity index (χ3v) is 20.0. The van der Waals surface area contributed by atoms with E-state index in [0.717, 1.165) is 136 Å². The number of aryl methyl sites for hydroxylation is 1. The summed E-state index contributed by atoms with van der Waals surface area (Å²) in [4.78, 5) is 0. The van der Waals surface area contributed by atoms with Gasteiger partial charge in [0, 0.05) is 27.2 Å². The Labute approximate surface area is 734 Å². The smallest absolute Gasteiger partial charge is 0.0652 e. The fraction of sp³-hybridized carbons (Fsp3) is 0.0893. The molecule has 0 aliphatic carbocycles. The Bertz CT molecular complexity index is 5660. The molecule has 0 atom stereocenters. The van der Waals surface area contributed by atoms with Gasteiger partial charge in [-0.2, -0.15) is 30.6 Å². The molecule has 616 valence electrons. The van der Waals surface area contributed by atoms with Gasteiger partial charge < -0.3 is 0 Å². The minimum atomic E-state index is 0.775. The second-order valence-corrected chi connectivity index (χ2v) is 29.0. The number of fused-ring (bicyclic) bond motifs is 2. The van der Waals surface area contributed by atoms with E-state index >= 15 is 0 Å². The summed E-state index contributed by atoms with van der Waals surface area (Å²) < 4.78 is 0. The van der Waals surface area contributed by atoms with Gasteiger partial charge in [0.1, 0.15) is 0 Å². The Kier molecular flexibility index (Phi) is 35.7. The van der Waals surface area contributed by atoms with Crippen LogP contribution in [0.4, 0.5) is 28.4 Å². The maximum atomic E-state index is 4.72. The van der Waals surface area contributed by atoms with Gasteiger partial charge in [0.15, 0.2) is 0 Å². The summed E-state index contributed by atoms with van der Waals surface area (Å²) in [6, 6.07) is 127. The third-order valence-electron chi connectivity index (χ3n) is 20.0. The molecular weight excluding hydrogens is 1510 g/mol. The lowest BCUT2D eigenvalue weighted by atomic mass is 10.0. The molecule has 0 saturated heterocycles. The van der Waals surface area contributed by atoms with E-state index in [4.69, 9.17) is 5.10 Å². The zero-order valence-corrected chi connectivity index (χ0v) is 71.0. The molecule has 14 aromatic carbocycles. The van der Waals surface area contributed by atoms with E-state index in [1.54, 1.807) is 0 Å². The van der Waals surface area contributed by atoms with Crippen molar-refractivity contribution < 1.29 is 0 Å². The average molecular weight is 1620 g/mol. The number of nitrogens with zero attached hydrogens (tertiary/aromatic N) is 12. The number of rotatable bonds is 27. The van der Waals surface area contributed by atoms with Gasteiger partial charge in [0.2, 0.25) is 0 Å². The first kappa shape index (κ1) is 89.1. The molecule has 2 aliphatic rings. The van der Waals surface area contributed by atoms with Crippen molar-refractivity contribution in [1.29, 1.82) is 0 Å². The maximum Gasteiger partial charge on any atom is 0.0652 e. The largest absolute Gasteiger partial charge is 0.296 e. The molecule has 0 radical (unpaired) electrons. The summed E-state index contributed by atoms with van der Waals surface area (Å²) in [6.45, 7) is 26.8. The molecule has 16 rings (SSSR count). The lowest BCUT2D eigenvalue weighted by molar-refractivity contribution is 0.272. The van der Waals surface area contributed by atoms with Crippen LogP contribution in [0.15, 0.2) is 446 Å². The first-order valence-electron chi connectivity index (χ1n) is 41.6. The van der Waals surface area contributed by atoms with Gasteiger partial charge >= 0.3 is 0 Å². The van der Waals surface area contributed by atoms with E-state index in [1.165, 1.54) is 39.2 Å². The number of benzene rings is 14. The van der Waals surface area contributed by atoms with Crippen molar-refractivity contribution in [2.75, 3.05) is 47.2 Å². The van der Waals surface area contributed by atoms with Crippen LogP contribution in [-0.2, 0) is 32.5 Å². The van der Waals surface area contributed by atoms with Crippen LogP contribution in [0.2, 0.25) is 0 Å². The van der Waals surface area contributed by atoms with Crippen molar-refractivity contribution in [2.24, 2.45) is 30.6 Å². The van der Waals surface area contributed by atoms with E-state index in [0.29, 0.717) is 0 Å². The molecule has 0 N–H and O–H groups in total. The second kappa shape index (κ2) is 49.7. The van der Waals surface area contributed by atoms with Crippen LogP contribution in [0.25, 0.3) is 36.5 Å². The van der Waals surface area contributed by atoms with Gasteiger partial charge in [-0.1, -0.05) is 404 Å². The SMILES string of the molecule is C=Cc1ccc(C=NN(C)Cc2ccccc2)cc1.C=Cc1ccc(C=NN(C)c2ccccc2)cc1.C=Cc1ccc(C=NN(Cc2ccccc2)Cc2ccccc2)cc1.C=Cc1ccc(C=NN(c2ccccc2)c2ccccc2)cc1.C=Cc1ccc(C=NN2CCCc3ccccc32)cc1.C=Cc1ccc(C=NN2CCc3ccccc32)cc1. The lowest BCUT2D eigenvalue weighted by Gasteiger charge is -2.26. The fourth-order valence-corrected chi connectivity index (χ4v) is 13.0. The summed E-state index contributed by atoms with van der Waals surface area (Å²) in [6.07, 6.45) is 25.8. The molecule has 12 nitrogen and oxygen atoms in total. The molecule has 0 spiro atoms. The highest BCUT2D eigenvalue weighted by Crippen LogP contribution is 2.30. The molecule has 14 aromatic rings. The van der Waals surface area contributed by atoms with Crippen molar-refractivity contribution in [3.8, 4) is 0 Å². The van der Waals surface area contributed by atoms with Gasteiger partial charge in [-0.25, -0.2) is 5.01 Å². The van der Waals surface area contributed by atoms with Crippen LogP contribution in [0, 0.1) is 0 Å². The van der Waals surface area contributed by atoms with E-state index < -0.39 is 0 Å². The molecule has 2 heterocycles. The highest BCUT2D eigenvalue weighted by Gasteiger charge is 2.18. The number of hydrogen-bond acceptors (Lipinski definition) is 12. The van der Waals surface area contributed by atoms with Crippen molar-refractivity contribution in [2.45, 2.75) is 38.9 Å². The van der Waals surface area contributed by atoms with E-state index in [9.17, 15) is 0 Å². The number of anilines is 5. The minimum Gasteiger partial charge on any atom is -0.296 e. The maximum absolute atomic E-state index is 4.72. The van der Waals surface area contributed by atoms with Gasteiger partial charge in [-0.15, -0.1) is 0 Å². The summed E-state index contributed by atoms with van der Waals surface area (Å²) in [5.74, 6) is 0. The van der Waals surface area contributed by atoms with Gasteiger partial charge in [0.25, 0.3) is 0 Å². The van der Waals surface area contributed by atoms with E-state index in [-0.39, 0.29) is 0 Å². The summed E-state index contributed by atoms with van der Waals surface area (Å²) in [7, 11) is 3.91.